The number of anilines is 2. The average Bonchev–Trinajstić information content (AvgIpc) is 2.59. The number of benzene rings is 2. The molecule has 0 aliphatic heterocycles. The summed E-state index contributed by atoms with van der Waals surface area (Å²) in [4.78, 5) is 15.2. The zero-order chi connectivity index (χ0) is 17.1. The molecule has 3 N–H and O–H groups in total. The molecule has 0 saturated heterocycles. The van der Waals surface area contributed by atoms with E-state index in [2.05, 4.69) is 10.3 Å². The smallest absolute Gasteiger partial charge is 0.248 e. The molecule has 3 rings (SSSR count). The van der Waals surface area contributed by atoms with E-state index in [4.69, 9.17) is 5.73 Å². The van der Waals surface area contributed by atoms with Crippen LogP contribution in [0.5, 0.6) is 0 Å². The fourth-order valence-corrected chi connectivity index (χ4v) is 2.22. The zero-order valence-electron chi connectivity index (χ0n) is 12.5. The van der Waals surface area contributed by atoms with Crippen molar-refractivity contribution >= 4 is 17.4 Å². The normalized spacial score (nSPS) is 10.4. The highest BCUT2D eigenvalue weighted by Gasteiger charge is 2.10. The third-order valence-electron chi connectivity index (χ3n) is 3.47. The van der Waals surface area contributed by atoms with E-state index in [1.54, 1.807) is 36.4 Å². The van der Waals surface area contributed by atoms with E-state index < -0.39 is 17.5 Å². The third kappa shape index (κ3) is 3.22. The number of rotatable bonds is 4. The fraction of sp³-hybridized carbons (Fsp3) is 0. The topological polar surface area (TPSA) is 68.0 Å². The first-order valence-electron chi connectivity index (χ1n) is 7.12. The second-order valence-corrected chi connectivity index (χ2v) is 5.10. The lowest BCUT2D eigenvalue weighted by atomic mass is 10.1. The number of hydrogen-bond donors (Lipinski definition) is 2. The van der Waals surface area contributed by atoms with Crippen LogP contribution >= 0.6 is 0 Å². The number of pyridine rings is 1. The van der Waals surface area contributed by atoms with Gasteiger partial charge in [-0.15, -0.1) is 0 Å². The van der Waals surface area contributed by atoms with Crippen molar-refractivity contribution in [1.29, 1.82) is 0 Å². The Balaban J connectivity index is 1.79. The number of nitrogens with zero attached hydrogens (tertiary/aromatic N) is 1. The van der Waals surface area contributed by atoms with E-state index in [-0.39, 0.29) is 5.56 Å². The Morgan fingerprint density at radius 1 is 1.00 bits per heavy atom. The van der Waals surface area contributed by atoms with Crippen LogP contribution in [0.4, 0.5) is 20.3 Å². The van der Waals surface area contributed by atoms with E-state index in [1.807, 2.05) is 0 Å². The number of carbonyl (C=O) groups excluding carboxylic acids is 1. The highest BCUT2D eigenvalue weighted by atomic mass is 19.2. The van der Waals surface area contributed by atoms with E-state index in [9.17, 15) is 13.6 Å². The Morgan fingerprint density at radius 3 is 2.38 bits per heavy atom. The predicted molar refractivity (Wildman–Crippen MR) is 87.8 cm³/mol. The second-order valence-electron chi connectivity index (χ2n) is 5.10. The summed E-state index contributed by atoms with van der Waals surface area (Å²) >= 11 is 0. The van der Waals surface area contributed by atoms with Crippen molar-refractivity contribution in [3.63, 3.8) is 0 Å². The molecular weight excluding hydrogens is 312 g/mol. The molecule has 0 aliphatic carbocycles. The van der Waals surface area contributed by atoms with Crippen molar-refractivity contribution in [2.75, 3.05) is 5.32 Å². The molecule has 4 nitrogen and oxygen atoms in total. The molecule has 120 valence electrons. The van der Waals surface area contributed by atoms with Crippen LogP contribution in [-0.2, 0) is 0 Å². The van der Waals surface area contributed by atoms with E-state index in [0.717, 1.165) is 11.8 Å². The molecule has 0 atom stereocenters. The summed E-state index contributed by atoms with van der Waals surface area (Å²) in [5.74, 6) is -1.77. The van der Waals surface area contributed by atoms with Crippen LogP contribution in [0.25, 0.3) is 11.1 Å². The van der Waals surface area contributed by atoms with Gasteiger partial charge in [-0.2, -0.15) is 0 Å². The minimum Gasteiger partial charge on any atom is -0.366 e. The number of amides is 1. The molecule has 24 heavy (non-hydrogen) atoms. The number of hydrogen-bond acceptors (Lipinski definition) is 3. The van der Waals surface area contributed by atoms with Crippen molar-refractivity contribution < 1.29 is 13.6 Å². The molecule has 0 fully saturated rings. The predicted octanol–water partition coefficient (Wildman–Crippen LogP) is 3.87. The molecule has 6 heteroatoms. The van der Waals surface area contributed by atoms with Crippen LogP contribution in [-0.4, -0.2) is 10.9 Å². The molecule has 3 aromatic rings. The van der Waals surface area contributed by atoms with Gasteiger partial charge in [0.2, 0.25) is 5.91 Å². The molecular formula is C18H13F2N3O. The number of carbonyl (C=O) groups is 1. The Kier molecular flexibility index (Phi) is 4.20. The first-order chi connectivity index (χ1) is 11.5. The molecule has 0 saturated carbocycles. The number of nitrogens with one attached hydrogen (secondary N) is 1. The van der Waals surface area contributed by atoms with Crippen LogP contribution in [0, 0.1) is 11.6 Å². The van der Waals surface area contributed by atoms with Crippen LogP contribution in [0.15, 0.2) is 60.8 Å². The maximum Gasteiger partial charge on any atom is 0.248 e. The highest BCUT2D eigenvalue weighted by molar-refractivity contribution is 5.93. The molecule has 1 heterocycles. The van der Waals surface area contributed by atoms with Crippen LogP contribution in [0.1, 0.15) is 10.4 Å². The van der Waals surface area contributed by atoms with E-state index >= 15 is 0 Å². The minimum absolute atomic E-state index is 0.153. The van der Waals surface area contributed by atoms with Crippen LogP contribution in [0.3, 0.4) is 0 Å². The summed E-state index contributed by atoms with van der Waals surface area (Å²) in [6, 6.07) is 13.9. The Morgan fingerprint density at radius 2 is 1.75 bits per heavy atom. The van der Waals surface area contributed by atoms with Crippen molar-refractivity contribution in [1.82, 2.24) is 4.98 Å². The molecule has 0 aliphatic rings. The van der Waals surface area contributed by atoms with Gasteiger partial charge in [0.25, 0.3) is 0 Å². The molecule has 0 unspecified atom stereocenters. The van der Waals surface area contributed by atoms with Crippen LogP contribution < -0.4 is 11.1 Å². The maximum absolute atomic E-state index is 13.8. The summed E-state index contributed by atoms with van der Waals surface area (Å²) in [5, 5.41) is 3.04. The summed E-state index contributed by atoms with van der Waals surface area (Å²) in [7, 11) is 0. The first-order valence-corrected chi connectivity index (χ1v) is 7.12. The summed E-state index contributed by atoms with van der Waals surface area (Å²) in [6.07, 6.45) is 1.46. The quantitative estimate of drug-likeness (QED) is 0.765. The number of halogens is 2. The van der Waals surface area contributed by atoms with Gasteiger partial charge in [-0.05, 0) is 42.5 Å². The summed E-state index contributed by atoms with van der Waals surface area (Å²) in [5.41, 5.74) is 6.94. The molecule has 0 bridgehead atoms. The highest BCUT2D eigenvalue weighted by Crippen LogP contribution is 2.25. The van der Waals surface area contributed by atoms with E-state index in [0.29, 0.717) is 16.9 Å². The molecule has 2 aromatic carbocycles. The van der Waals surface area contributed by atoms with Gasteiger partial charge in [-0.1, -0.05) is 12.1 Å². The standard InChI is InChI=1S/C18H13F2N3O/c19-15-3-1-2-14(17(15)20)12-6-9-16(22-10-12)23-13-7-4-11(5-8-13)18(21)24/h1-10H,(H2,21,24)(H,22,23). The number of primary amides is 1. The van der Waals surface area contributed by atoms with Gasteiger partial charge >= 0.3 is 0 Å². The zero-order valence-corrected chi connectivity index (χ0v) is 12.5. The van der Waals surface area contributed by atoms with Gasteiger partial charge in [0.15, 0.2) is 11.6 Å². The van der Waals surface area contributed by atoms with Crippen molar-refractivity contribution in [2.45, 2.75) is 0 Å². The first kappa shape index (κ1) is 15.6. The molecule has 1 aromatic heterocycles. The Labute approximate surface area is 137 Å². The molecule has 1 amide bonds. The molecule has 0 radical (unpaired) electrons. The maximum atomic E-state index is 13.8. The number of nitrogens with two attached hydrogens (primary N) is 1. The summed E-state index contributed by atoms with van der Waals surface area (Å²) in [6.45, 7) is 0. The SMILES string of the molecule is NC(=O)c1ccc(Nc2ccc(-c3cccc(F)c3F)cn2)cc1. The lowest BCUT2D eigenvalue weighted by Gasteiger charge is -2.08. The average molecular weight is 325 g/mol. The van der Waals surface area contributed by atoms with Gasteiger partial charge in [0.1, 0.15) is 5.82 Å². The van der Waals surface area contributed by atoms with Gasteiger partial charge < -0.3 is 11.1 Å². The number of aromatic nitrogens is 1. The third-order valence-corrected chi connectivity index (χ3v) is 3.47. The Bertz CT molecular complexity index is 878. The van der Waals surface area contributed by atoms with Crippen molar-refractivity contribution in [2.24, 2.45) is 5.73 Å². The van der Waals surface area contributed by atoms with Crippen LogP contribution in [0.2, 0.25) is 0 Å². The lowest BCUT2D eigenvalue weighted by molar-refractivity contribution is 0.100. The minimum atomic E-state index is -0.901. The second kappa shape index (κ2) is 6.45. The Hall–Kier alpha value is -3.28. The molecule has 0 spiro atoms. The van der Waals surface area contributed by atoms with Gasteiger partial charge in [-0.3, -0.25) is 4.79 Å². The fourth-order valence-electron chi connectivity index (χ4n) is 2.22. The largest absolute Gasteiger partial charge is 0.366 e. The monoisotopic (exact) mass is 325 g/mol. The van der Waals surface area contributed by atoms with Gasteiger partial charge in [-0.25, -0.2) is 13.8 Å². The van der Waals surface area contributed by atoms with Gasteiger partial charge in [0.05, 0.1) is 0 Å². The van der Waals surface area contributed by atoms with Crippen molar-refractivity contribution in [3.05, 3.63) is 78.0 Å². The lowest BCUT2D eigenvalue weighted by Crippen LogP contribution is -2.10. The van der Waals surface area contributed by atoms with Crippen molar-refractivity contribution in [3.8, 4) is 11.1 Å². The van der Waals surface area contributed by atoms with Gasteiger partial charge in [0, 0.05) is 28.6 Å². The van der Waals surface area contributed by atoms with E-state index in [1.165, 1.54) is 18.3 Å². The summed E-state index contributed by atoms with van der Waals surface area (Å²) < 4.78 is 27.1.